The summed E-state index contributed by atoms with van der Waals surface area (Å²) in [5, 5.41) is 12.5. The van der Waals surface area contributed by atoms with Crippen molar-refractivity contribution in [2.75, 3.05) is 0 Å². The fourth-order valence-electron chi connectivity index (χ4n) is 1.91. The van der Waals surface area contributed by atoms with Crippen molar-refractivity contribution in [1.82, 2.24) is 20.2 Å². The molecule has 0 aliphatic heterocycles. The summed E-state index contributed by atoms with van der Waals surface area (Å²) in [6.45, 7) is -0.0702. The lowest BCUT2D eigenvalue weighted by Gasteiger charge is -1.99. The Balaban J connectivity index is 1.77. The second kappa shape index (κ2) is 6.03. The van der Waals surface area contributed by atoms with Crippen molar-refractivity contribution >= 4 is 17.4 Å². The van der Waals surface area contributed by atoms with E-state index in [-0.39, 0.29) is 12.3 Å². The van der Waals surface area contributed by atoms with Crippen molar-refractivity contribution in [1.29, 1.82) is 0 Å². The Kier molecular flexibility index (Phi) is 3.93. The molecule has 5 nitrogen and oxygen atoms in total. The van der Waals surface area contributed by atoms with Crippen LogP contribution in [-0.2, 0) is 6.54 Å². The van der Waals surface area contributed by atoms with Crippen LogP contribution in [0.2, 0.25) is 5.02 Å². The van der Waals surface area contributed by atoms with Crippen molar-refractivity contribution in [2.45, 2.75) is 6.54 Å². The quantitative estimate of drug-likeness (QED) is 0.694. The van der Waals surface area contributed by atoms with E-state index in [1.807, 2.05) is 0 Å². The zero-order valence-corrected chi connectivity index (χ0v) is 12.0. The number of halogens is 2. The predicted molar refractivity (Wildman–Crippen MR) is 79.0 cm³/mol. The normalized spacial score (nSPS) is 10.6. The molecule has 0 aliphatic carbocycles. The standard InChI is InChI=1S/C15H10ClFN4O/c16-12-3-1-2-11(8-12)15-18-20-21(19-15)9-14(22)10-4-6-13(17)7-5-10/h1-8H,9H2. The molecule has 1 aromatic heterocycles. The van der Waals surface area contributed by atoms with Gasteiger partial charge in [-0.2, -0.15) is 4.80 Å². The minimum atomic E-state index is -0.390. The second-order valence-electron chi connectivity index (χ2n) is 4.58. The van der Waals surface area contributed by atoms with E-state index in [0.29, 0.717) is 22.0 Å². The first-order valence-corrected chi connectivity index (χ1v) is 6.82. The van der Waals surface area contributed by atoms with E-state index >= 15 is 0 Å². The lowest BCUT2D eigenvalue weighted by atomic mass is 10.1. The van der Waals surface area contributed by atoms with Gasteiger partial charge in [0.05, 0.1) is 0 Å². The molecule has 0 atom stereocenters. The van der Waals surface area contributed by atoms with Gasteiger partial charge in [-0.05, 0) is 41.6 Å². The maximum atomic E-state index is 12.8. The van der Waals surface area contributed by atoms with Crippen LogP contribution in [0.1, 0.15) is 10.4 Å². The van der Waals surface area contributed by atoms with Crippen LogP contribution in [0, 0.1) is 5.82 Å². The van der Waals surface area contributed by atoms with Crippen molar-refractivity contribution in [3.8, 4) is 11.4 Å². The highest BCUT2D eigenvalue weighted by Crippen LogP contribution is 2.18. The third-order valence-electron chi connectivity index (χ3n) is 2.99. The number of carbonyl (C=O) groups is 1. The third kappa shape index (κ3) is 3.17. The number of ketones is 1. The maximum Gasteiger partial charge on any atom is 0.204 e. The Morgan fingerprint density at radius 1 is 1.18 bits per heavy atom. The van der Waals surface area contributed by atoms with Gasteiger partial charge < -0.3 is 0 Å². The van der Waals surface area contributed by atoms with Gasteiger partial charge in [-0.15, -0.1) is 10.2 Å². The van der Waals surface area contributed by atoms with Gasteiger partial charge in [0.15, 0.2) is 5.78 Å². The number of nitrogens with zero attached hydrogens (tertiary/aromatic N) is 4. The van der Waals surface area contributed by atoms with Gasteiger partial charge in [0.1, 0.15) is 12.4 Å². The summed E-state index contributed by atoms with van der Waals surface area (Å²) in [6.07, 6.45) is 0. The van der Waals surface area contributed by atoms with E-state index in [4.69, 9.17) is 11.6 Å². The van der Waals surface area contributed by atoms with Gasteiger partial charge >= 0.3 is 0 Å². The zero-order valence-electron chi connectivity index (χ0n) is 11.3. The number of rotatable bonds is 4. The fourth-order valence-corrected chi connectivity index (χ4v) is 2.10. The van der Waals surface area contributed by atoms with Gasteiger partial charge in [-0.1, -0.05) is 23.7 Å². The Labute approximate surface area is 130 Å². The monoisotopic (exact) mass is 316 g/mol. The largest absolute Gasteiger partial charge is 0.292 e. The summed E-state index contributed by atoms with van der Waals surface area (Å²) in [7, 11) is 0. The topological polar surface area (TPSA) is 60.7 Å². The SMILES string of the molecule is O=C(Cn1nnc(-c2cccc(Cl)c2)n1)c1ccc(F)cc1. The van der Waals surface area contributed by atoms with E-state index in [1.54, 1.807) is 24.3 Å². The van der Waals surface area contributed by atoms with E-state index < -0.39 is 5.82 Å². The molecule has 3 aromatic rings. The molecule has 0 spiro atoms. The van der Waals surface area contributed by atoms with E-state index in [1.165, 1.54) is 29.1 Å². The highest BCUT2D eigenvalue weighted by atomic mass is 35.5. The molecule has 1 heterocycles. The van der Waals surface area contributed by atoms with Crippen LogP contribution < -0.4 is 0 Å². The summed E-state index contributed by atoms with van der Waals surface area (Å²) in [6, 6.07) is 12.4. The Bertz CT molecular complexity index is 816. The summed E-state index contributed by atoms with van der Waals surface area (Å²) in [5.41, 5.74) is 1.11. The third-order valence-corrected chi connectivity index (χ3v) is 3.22. The molecule has 0 saturated carbocycles. The molecule has 0 amide bonds. The molecule has 0 N–H and O–H groups in total. The predicted octanol–water partition coefficient (Wildman–Crippen LogP) is 3.02. The number of aromatic nitrogens is 4. The lowest BCUT2D eigenvalue weighted by molar-refractivity contribution is 0.0961. The molecule has 110 valence electrons. The average Bonchev–Trinajstić information content (AvgIpc) is 2.96. The first-order valence-electron chi connectivity index (χ1n) is 6.44. The van der Waals surface area contributed by atoms with Crippen LogP contribution in [0.25, 0.3) is 11.4 Å². The Morgan fingerprint density at radius 3 is 2.68 bits per heavy atom. The van der Waals surface area contributed by atoms with Gasteiger partial charge in [0, 0.05) is 16.1 Å². The summed E-state index contributed by atoms with van der Waals surface area (Å²) in [4.78, 5) is 13.2. The van der Waals surface area contributed by atoms with Crippen LogP contribution >= 0.6 is 11.6 Å². The van der Waals surface area contributed by atoms with Gasteiger partial charge in [0.2, 0.25) is 5.82 Å². The van der Waals surface area contributed by atoms with Crippen LogP contribution in [0.15, 0.2) is 48.5 Å². The molecule has 0 saturated heterocycles. The molecule has 7 heteroatoms. The zero-order chi connectivity index (χ0) is 15.5. The first-order chi connectivity index (χ1) is 10.6. The van der Waals surface area contributed by atoms with Crippen LogP contribution in [0.5, 0.6) is 0 Å². The molecule has 0 bridgehead atoms. The molecule has 22 heavy (non-hydrogen) atoms. The minimum Gasteiger partial charge on any atom is -0.292 e. The summed E-state index contributed by atoms with van der Waals surface area (Å²) in [5.74, 6) is -0.233. The minimum absolute atomic E-state index is 0.0702. The van der Waals surface area contributed by atoms with Crippen molar-refractivity contribution < 1.29 is 9.18 Å². The van der Waals surface area contributed by atoms with Crippen molar-refractivity contribution in [3.63, 3.8) is 0 Å². The van der Waals surface area contributed by atoms with E-state index in [2.05, 4.69) is 15.4 Å². The van der Waals surface area contributed by atoms with Crippen molar-refractivity contribution in [2.24, 2.45) is 0 Å². The Hall–Kier alpha value is -2.60. The number of hydrogen-bond acceptors (Lipinski definition) is 4. The molecule has 3 rings (SSSR count). The van der Waals surface area contributed by atoms with E-state index in [9.17, 15) is 9.18 Å². The van der Waals surface area contributed by atoms with Crippen LogP contribution in [0.4, 0.5) is 4.39 Å². The van der Waals surface area contributed by atoms with Gasteiger partial charge in [0.25, 0.3) is 0 Å². The highest BCUT2D eigenvalue weighted by molar-refractivity contribution is 6.30. The number of carbonyl (C=O) groups excluding carboxylic acids is 1. The van der Waals surface area contributed by atoms with Crippen LogP contribution in [-0.4, -0.2) is 26.0 Å². The molecule has 0 unspecified atom stereocenters. The lowest BCUT2D eigenvalue weighted by Crippen LogP contribution is -2.13. The molecule has 0 aliphatic rings. The number of Topliss-reactive ketones (excluding diaryl/α,β-unsaturated/α-hetero) is 1. The number of benzene rings is 2. The molecular weight excluding hydrogens is 307 g/mol. The molecular formula is C15H10ClFN4O. The smallest absolute Gasteiger partial charge is 0.204 e. The highest BCUT2D eigenvalue weighted by Gasteiger charge is 2.11. The van der Waals surface area contributed by atoms with Crippen LogP contribution in [0.3, 0.4) is 0 Å². The molecule has 2 aromatic carbocycles. The summed E-state index contributed by atoms with van der Waals surface area (Å²) >= 11 is 5.91. The molecule has 0 fully saturated rings. The second-order valence-corrected chi connectivity index (χ2v) is 5.02. The average molecular weight is 317 g/mol. The molecule has 0 radical (unpaired) electrons. The first kappa shape index (κ1) is 14.3. The Morgan fingerprint density at radius 2 is 1.95 bits per heavy atom. The van der Waals surface area contributed by atoms with Gasteiger partial charge in [-0.25, -0.2) is 4.39 Å². The number of hydrogen-bond donors (Lipinski definition) is 0. The fraction of sp³-hybridized carbons (Fsp3) is 0.0667. The summed E-state index contributed by atoms with van der Waals surface area (Å²) < 4.78 is 12.8. The number of tetrazole rings is 1. The maximum absolute atomic E-state index is 12.8. The van der Waals surface area contributed by atoms with E-state index in [0.717, 1.165) is 0 Å². The van der Waals surface area contributed by atoms with Gasteiger partial charge in [-0.3, -0.25) is 4.79 Å². The van der Waals surface area contributed by atoms with Crippen molar-refractivity contribution in [3.05, 3.63) is 64.9 Å².